The van der Waals surface area contributed by atoms with Crippen LogP contribution in [0.2, 0.25) is 0 Å². The number of hydrogen-bond acceptors (Lipinski definition) is 6. The molecular weight excluding hydrogens is 535 g/mol. The molecule has 0 radical (unpaired) electrons. The van der Waals surface area contributed by atoms with E-state index >= 15 is 4.39 Å². The third-order valence-electron chi connectivity index (χ3n) is 7.71. The number of benzene rings is 2. The minimum atomic E-state index is -4.05. The fraction of sp³-hybridized carbons (Fsp3) is 0.448. The van der Waals surface area contributed by atoms with Gasteiger partial charge in [-0.05, 0) is 67.1 Å². The van der Waals surface area contributed by atoms with E-state index in [2.05, 4.69) is 5.32 Å². The van der Waals surface area contributed by atoms with Gasteiger partial charge in [-0.25, -0.2) is 12.8 Å². The standard InChI is InChI=1S/C29H35FN4O5S/c1-17-23(11-19(12-25(17)30)27(36)32-21-5-6-21)18-4-7-22-24(10-18)26(40(38,39)34-9-8-20(31)13-34)14-33(28(22)37)15-29(2,3)16-35/h4,7,10-12,14,20-21,35H,5-6,8-9,13,15-16,31H2,1-3H3,(H,32,36)/t20-/m0/s1. The van der Waals surface area contributed by atoms with Crippen LogP contribution >= 0.6 is 0 Å². The predicted octanol–water partition coefficient (Wildman–Crippen LogP) is 2.75. The van der Waals surface area contributed by atoms with Crippen molar-refractivity contribution in [3.63, 3.8) is 0 Å². The molecule has 1 atom stereocenters. The van der Waals surface area contributed by atoms with Crippen molar-refractivity contribution >= 4 is 26.7 Å². The molecule has 1 aliphatic heterocycles. The number of aliphatic hydroxyl groups is 1. The number of carbonyl (C=O) groups is 1. The number of fused-ring (bicyclic) bond motifs is 1. The number of pyridine rings is 1. The molecule has 5 rings (SSSR count). The third-order valence-corrected chi connectivity index (χ3v) is 9.60. The van der Waals surface area contributed by atoms with Crippen LogP contribution in [-0.4, -0.2) is 60.1 Å². The number of nitrogens with zero attached hydrogens (tertiary/aromatic N) is 2. The number of aliphatic hydroxyl groups excluding tert-OH is 1. The molecule has 9 nitrogen and oxygen atoms in total. The molecule has 2 fully saturated rings. The second kappa shape index (κ2) is 10.4. The first-order valence-corrected chi connectivity index (χ1v) is 14.9. The summed E-state index contributed by atoms with van der Waals surface area (Å²) in [4.78, 5) is 26.2. The minimum Gasteiger partial charge on any atom is -0.396 e. The van der Waals surface area contributed by atoms with E-state index in [1.807, 2.05) is 0 Å². The Labute approximate surface area is 232 Å². The lowest BCUT2D eigenvalue weighted by molar-refractivity contribution is 0.0950. The van der Waals surface area contributed by atoms with E-state index in [0.717, 1.165) is 12.8 Å². The summed E-state index contributed by atoms with van der Waals surface area (Å²) in [5, 5.41) is 13.0. The molecule has 4 N–H and O–H groups in total. The Bertz CT molecular complexity index is 1660. The number of nitrogens with two attached hydrogens (primary N) is 1. The molecule has 0 spiro atoms. The second-order valence-corrected chi connectivity index (χ2v) is 13.7. The topological polar surface area (TPSA) is 135 Å². The van der Waals surface area contributed by atoms with Crippen LogP contribution in [0, 0.1) is 18.2 Å². The highest BCUT2D eigenvalue weighted by Gasteiger charge is 2.34. The van der Waals surface area contributed by atoms with E-state index in [9.17, 15) is 23.1 Å². The summed E-state index contributed by atoms with van der Waals surface area (Å²) in [6.45, 7) is 5.48. The zero-order chi connectivity index (χ0) is 29.0. The summed E-state index contributed by atoms with van der Waals surface area (Å²) in [6, 6.07) is 7.36. The average molecular weight is 571 g/mol. The largest absolute Gasteiger partial charge is 0.396 e. The first kappa shape index (κ1) is 28.4. The van der Waals surface area contributed by atoms with Crippen molar-refractivity contribution in [2.24, 2.45) is 11.1 Å². The number of sulfonamides is 1. The zero-order valence-corrected chi connectivity index (χ0v) is 23.7. The quantitative estimate of drug-likeness (QED) is 0.381. The van der Waals surface area contributed by atoms with Crippen molar-refractivity contribution < 1.29 is 22.7 Å². The molecule has 2 aliphatic rings. The molecule has 0 unspecified atom stereocenters. The van der Waals surface area contributed by atoms with Gasteiger partial charge in [-0.2, -0.15) is 4.31 Å². The highest BCUT2D eigenvalue weighted by atomic mass is 32.2. The number of carbonyl (C=O) groups excluding carboxylic acids is 1. The van der Waals surface area contributed by atoms with Crippen LogP contribution in [-0.2, 0) is 16.6 Å². The highest BCUT2D eigenvalue weighted by molar-refractivity contribution is 7.89. The van der Waals surface area contributed by atoms with Crippen LogP contribution in [0.1, 0.15) is 49.0 Å². The van der Waals surface area contributed by atoms with Crippen LogP contribution in [0.4, 0.5) is 4.39 Å². The maximum atomic E-state index is 15.0. The summed E-state index contributed by atoms with van der Waals surface area (Å²) in [5.74, 6) is -0.925. The second-order valence-electron chi connectivity index (χ2n) is 11.8. The third kappa shape index (κ3) is 5.43. The van der Waals surface area contributed by atoms with E-state index in [4.69, 9.17) is 5.73 Å². The molecule has 40 heavy (non-hydrogen) atoms. The van der Waals surface area contributed by atoms with Gasteiger partial charge in [0.2, 0.25) is 10.0 Å². The molecule has 2 heterocycles. The number of halogens is 1. The highest BCUT2D eigenvalue weighted by Crippen LogP contribution is 2.33. The van der Waals surface area contributed by atoms with Crippen molar-refractivity contribution in [3.8, 4) is 11.1 Å². The van der Waals surface area contributed by atoms with Gasteiger partial charge < -0.3 is 20.7 Å². The van der Waals surface area contributed by atoms with Gasteiger partial charge in [-0.3, -0.25) is 9.59 Å². The van der Waals surface area contributed by atoms with Crippen molar-refractivity contribution in [1.82, 2.24) is 14.2 Å². The Morgan fingerprint density at radius 1 is 1.18 bits per heavy atom. The fourth-order valence-corrected chi connectivity index (χ4v) is 6.80. The van der Waals surface area contributed by atoms with E-state index < -0.39 is 26.8 Å². The lowest BCUT2D eigenvalue weighted by Crippen LogP contribution is -2.35. The Morgan fingerprint density at radius 2 is 1.90 bits per heavy atom. The Morgan fingerprint density at radius 3 is 2.52 bits per heavy atom. The van der Waals surface area contributed by atoms with Crippen LogP contribution in [0.3, 0.4) is 0 Å². The first-order chi connectivity index (χ1) is 18.8. The van der Waals surface area contributed by atoms with E-state index in [-0.39, 0.29) is 65.5 Å². The molecule has 1 aliphatic carbocycles. The summed E-state index contributed by atoms with van der Waals surface area (Å²) >= 11 is 0. The van der Waals surface area contributed by atoms with Gasteiger partial charge in [0.25, 0.3) is 11.5 Å². The first-order valence-electron chi connectivity index (χ1n) is 13.5. The fourth-order valence-electron chi connectivity index (χ4n) is 5.08. The smallest absolute Gasteiger partial charge is 0.258 e. The molecule has 0 bridgehead atoms. The van der Waals surface area contributed by atoms with Crippen molar-refractivity contribution in [2.75, 3.05) is 19.7 Å². The molecule has 1 aromatic heterocycles. The molecule has 214 valence electrons. The zero-order valence-electron chi connectivity index (χ0n) is 22.9. The molecule has 3 aromatic rings. The number of hydrogen-bond donors (Lipinski definition) is 3. The Balaban J connectivity index is 1.70. The van der Waals surface area contributed by atoms with Gasteiger partial charge in [0.05, 0.1) is 0 Å². The monoisotopic (exact) mass is 570 g/mol. The van der Waals surface area contributed by atoms with Crippen LogP contribution in [0.25, 0.3) is 21.9 Å². The molecule has 11 heteroatoms. The molecule has 1 saturated heterocycles. The number of amides is 1. The van der Waals surface area contributed by atoms with Crippen LogP contribution in [0.5, 0.6) is 0 Å². The molecule has 2 aromatic carbocycles. The van der Waals surface area contributed by atoms with Gasteiger partial charge in [0.15, 0.2) is 0 Å². The minimum absolute atomic E-state index is 0.0625. The average Bonchev–Trinajstić information content (AvgIpc) is 3.61. The number of rotatable bonds is 8. The summed E-state index contributed by atoms with van der Waals surface area (Å²) < 4.78 is 45.5. The van der Waals surface area contributed by atoms with Crippen molar-refractivity contribution in [3.05, 3.63) is 63.8 Å². The van der Waals surface area contributed by atoms with E-state index in [1.54, 1.807) is 45.0 Å². The normalized spacial score (nSPS) is 18.4. The SMILES string of the molecule is Cc1c(F)cc(C(=O)NC2CC2)cc1-c1ccc2c(=O)n(CC(C)(C)CO)cc(S(=O)(=O)N3CC[C@H](N)C3)c2c1. The molecule has 1 saturated carbocycles. The summed E-state index contributed by atoms with van der Waals surface area (Å²) in [5.41, 5.74) is 6.32. The maximum Gasteiger partial charge on any atom is 0.258 e. The summed E-state index contributed by atoms with van der Waals surface area (Å²) in [6.07, 6.45) is 3.64. The maximum absolute atomic E-state index is 15.0. The van der Waals surface area contributed by atoms with E-state index in [1.165, 1.54) is 21.1 Å². The van der Waals surface area contributed by atoms with Gasteiger partial charge >= 0.3 is 0 Å². The van der Waals surface area contributed by atoms with Gasteiger partial charge in [0, 0.05) is 66.3 Å². The Kier molecular flexibility index (Phi) is 7.37. The molecular formula is C29H35FN4O5S. The number of nitrogens with one attached hydrogen (secondary N) is 1. The predicted molar refractivity (Wildman–Crippen MR) is 151 cm³/mol. The van der Waals surface area contributed by atoms with Gasteiger partial charge in [0.1, 0.15) is 10.7 Å². The lowest BCUT2D eigenvalue weighted by atomic mass is 9.94. The lowest BCUT2D eigenvalue weighted by Gasteiger charge is -2.25. The van der Waals surface area contributed by atoms with Crippen molar-refractivity contribution in [1.29, 1.82) is 0 Å². The van der Waals surface area contributed by atoms with Crippen LogP contribution < -0.4 is 16.6 Å². The van der Waals surface area contributed by atoms with Gasteiger partial charge in [-0.1, -0.05) is 19.9 Å². The molecule has 1 amide bonds. The van der Waals surface area contributed by atoms with Crippen molar-refractivity contribution in [2.45, 2.75) is 63.6 Å². The summed E-state index contributed by atoms with van der Waals surface area (Å²) in [7, 11) is -4.05. The van der Waals surface area contributed by atoms with Crippen LogP contribution in [0.15, 0.2) is 46.2 Å². The Hall–Kier alpha value is -3.12. The van der Waals surface area contributed by atoms with E-state index in [0.29, 0.717) is 23.1 Å². The van der Waals surface area contributed by atoms with Gasteiger partial charge in [-0.15, -0.1) is 0 Å². The number of aromatic nitrogens is 1.